The summed E-state index contributed by atoms with van der Waals surface area (Å²) in [7, 11) is 0. The molecule has 3 nitrogen and oxygen atoms in total. The third kappa shape index (κ3) is 3.47. The average molecular weight is 267 g/mol. The highest BCUT2D eigenvalue weighted by atomic mass is 35.5. The van der Waals surface area contributed by atoms with Gasteiger partial charge in [0.2, 0.25) is 5.91 Å². The number of benzene rings is 1. The first-order valence-corrected chi connectivity index (χ1v) is 6.84. The van der Waals surface area contributed by atoms with E-state index in [1.807, 2.05) is 31.2 Å². The van der Waals surface area contributed by atoms with Crippen molar-refractivity contribution in [3.05, 3.63) is 34.9 Å². The highest BCUT2D eigenvalue weighted by Crippen LogP contribution is 2.16. The van der Waals surface area contributed by atoms with Crippen molar-refractivity contribution < 1.29 is 4.79 Å². The van der Waals surface area contributed by atoms with Crippen molar-refractivity contribution in [1.82, 2.24) is 10.6 Å². The molecule has 1 aliphatic heterocycles. The lowest BCUT2D eigenvalue weighted by atomic mass is 10.0. The molecule has 0 aromatic heterocycles. The van der Waals surface area contributed by atoms with Crippen LogP contribution in [0.2, 0.25) is 5.02 Å². The summed E-state index contributed by atoms with van der Waals surface area (Å²) in [5.74, 6) is 0.0946. The second-order valence-corrected chi connectivity index (χ2v) is 5.22. The molecule has 1 aromatic rings. The zero-order valence-electron chi connectivity index (χ0n) is 10.6. The fourth-order valence-corrected chi connectivity index (χ4v) is 2.35. The lowest BCUT2D eigenvalue weighted by Crippen LogP contribution is -2.47. The van der Waals surface area contributed by atoms with Crippen LogP contribution in [0.1, 0.15) is 37.8 Å². The molecule has 4 heteroatoms. The normalized spacial score (nSPS) is 21.3. The third-order valence-corrected chi connectivity index (χ3v) is 3.61. The average Bonchev–Trinajstić information content (AvgIpc) is 2.40. The Labute approximate surface area is 113 Å². The van der Waals surface area contributed by atoms with Crippen molar-refractivity contribution >= 4 is 17.5 Å². The Bertz CT molecular complexity index is 399. The van der Waals surface area contributed by atoms with Crippen LogP contribution in [0, 0.1) is 0 Å². The molecule has 1 fully saturated rings. The Hall–Kier alpha value is -1.06. The van der Waals surface area contributed by atoms with Gasteiger partial charge in [-0.2, -0.15) is 0 Å². The van der Waals surface area contributed by atoms with Gasteiger partial charge in [0.05, 0.1) is 12.1 Å². The molecule has 1 saturated heterocycles. The van der Waals surface area contributed by atoms with Crippen LogP contribution in [0.15, 0.2) is 24.3 Å². The topological polar surface area (TPSA) is 41.1 Å². The Morgan fingerprint density at radius 1 is 1.39 bits per heavy atom. The molecule has 1 aliphatic rings. The van der Waals surface area contributed by atoms with Crippen LogP contribution in [0.25, 0.3) is 0 Å². The predicted octanol–water partition coefficient (Wildman–Crippen LogP) is 2.66. The van der Waals surface area contributed by atoms with Gasteiger partial charge in [0, 0.05) is 5.02 Å². The molecular formula is C14H19ClN2O. The minimum atomic E-state index is -0.0338. The van der Waals surface area contributed by atoms with Gasteiger partial charge in [0.15, 0.2) is 0 Å². The summed E-state index contributed by atoms with van der Waals surface area (Å²) in [5.41, 5.74) is 1.07. The second kappa shape index (κ2) is 6.21. The number of carbonyl (C=O) groups is 1. The van der Waals surface area contributed by atoms with Crippen molar-refractivity contribution in [2.45, 2.75) is 38.3 Å². The molecule has 18 heavy (non-hydrogen) atoms. The first kappa shape index (κ1) is 13.4. The summed E-state index contributed by atoms with van der Waals surface area (Å²) >= 11 is 5.85. The number of halogens is 1. The molecule has 0 radical (unpaired) electrons. The van der Waals surface area contributed by atoms with Gasteiger partial charge in [-0.3, -0.25) is 4.79 Å². The molecule has 0 unspecified atom stereocenters. The molecule has 2 rings (SSSR count). The maximum absolute atomic E-state index is 12.0. The third-order valence-electron chi connectivity index (χ3n) is 3.36. The van der Waals surface area contributed by atoms with E-state index in [2.05, 4.69) is 10.6 Å². The first-order chi connectivity index (χ1) is 8.66. The second-order valence-electron chi connectivity index (χ2n) is 4.78. The molecule has 0 aliphatic carbocycles. The minimum Gasteiger partial charge on any atom is -0.348 e. The molecule has 1 aromatic carbocycles. The summed E-state index contributed by atoms with van der Waals surface area (Å²) in [5, 5.41) is 7.01. The lowest BCUT2D eigenvalue weighted by molar-refractivity contribution is -0.124. The fourth-order valence-electron chi connectivity index (χ4n) is 2.22. The van der Waals surface area contributed by atoms with Crippen LogP contribution in [-0.4, -0.2) is 18.5 Å². The van der Waals surface area contributed by atoms with Crippen LogP contribution in [-0.2, 0) is 4.79 Å². The van der Waals surface area contributed by atoms with Crippen molar-refractivity contribution in [3.63, 3.8) is 0 Å². The van der Waals surface area contributed by atoms with Gasteiger partial charge in [-0.1, -0.05) is 30.2 Å². The highest BCUT2D eigenvalue weighted by molar-refractivity contribution is 6.30. The van der Waals surface area contributed by atoms with Crippen LogP contribution in [0.3, 0.4) is 0 Å². The zero-order valence-corrected chi connectivity index (χ0v) is 11.3. The summed E-state index contributed by atoms with van der Waals surface area (Å²) in [4.78, 5) is 12.0. The van der Waals surface area contributed by atoms with Gasteiger partial charge in [0.1, 0.15) is 0 Å². The molecule has 1 amide bonds. The molecule has 0 bridgehead atoms. The van der Waals surface area contributed by atoms with Crippen molar-refractivity contribution in [2.24, 2.45) is 0 Å². The lowest BCUT2D eigenvalue weighted by Gasteiger charge is -2.24. The van der Waals surface area contributed by atoms with E-state index in [1.165, 1.54) is 0 Å². The number of amides is 1. The summed E-state index contributed by atoms with van der Waals surface area (Å²) in [6, 6.07) is 7.56. The zero-order chi connectivity index (χ0) is 13.0. The minimum absolute atomic E-state index is 0.0125. The van der Waals surface area contributed by atoms with Crippen LogP contribution < -0.4 is 10.6 Å². The number of carbonyl (C=O) groups excluding carboxylic acids is 1. The molecular weight excluding hydrogens is 248 g/mol. The van der Waals surface area contributed by atoms with Crippen molar-refractivity contribution in [1.29, 1.82) is 0 Å². The van der Waals surface area contributed by atoms with E-state index < -0.39 is 0 Å². The van der Waals surface area contributed by atoms with Crippen molar-refractivity contribution in [3.8, 4) is 0 Å². The molecule has 2 atom stereocenters. The van der Waals surface area contributed by atoms with Gasteiger partial charge in [-0.05, 0) is 44.0 Å². The van der Waals surface area contributed by atoms with E-state index in [4.69, 9.17) is 11.6 Å². The number of piperidine rings is 1. The van der Waals surface area contributed by atoms with E-state index in [1.54, 1.807) is 0 Å². The quantitative estimate of drug-likeness (QED) is 0.883. The number of hydrogen-bond acceptors (Lipinski definition) is 2. The highest BCUT2D eigenvalue weighted by Gasteiger charge is 2.21. The van der Waals surface area contributed by atoms with Gasteiger partial charge < -0.3 is 10.6 Å². The molecule has 0 saturated carbocycles. The standard InChI is InChI=1S/C14H19ClN2O/c1-10(11-5-7-12(15)8-6-11)17-14(18)13-4-2-3-9-16-13/h5-8,10,13,16H,2-4,9H2,1H3,(H,17,18)/t10-,13+/m1/s1. The molecule has 1 heterocycles. The van der Waals surface area contributed by atoms with Crippen molar-refractivity contribution in [2.75, 3.05) is 6.54 Å². The number of hydrogen-bond donors (Lipinski definition) is 2. The van der Waals surface area contributed by atoms with E-state index in [9.17, 15) is 4.79 Å². The maximum Gasteiger partial charge on any atom is 0.237 e. The summed E-state index contributed by atoms with van der Waals surface area (Å²) in [6.07, 6.45) is 3.22. The van der Waals surface area contributed by atoms with Gasteiger partial charge in [0.25, 0.3) is 0 Å². The van der Waals surface area contributed by atoms with Gasteiger partial charge >= 0.3 is 0 Å². The van der Waals surface area contributed by atoms with E-state index in [0.717, 1.165) is 31.4 Å². The van der Waals surface area contributed by atoms with Crippen LogP contribution in [0.4, 0.5) is 0 Å². The van der Waals surface area contributed by atoms with E-state index in [0.29, 0.717) is 5.02 Å². The molecule has 98 valence electrons. The summed E-state index contributed by atoms with van der Waals surface area (Å²) < 4.78 is 0. The summed E-state index contributed by atoms with van der Waals surface area (Å²) in [6.45, 7) is 2.93. The smallest absolute Gasteiger partial charge is 0.237 e. The Kier molecular flexibility index (Phi) is 4.61. The SMILES string of the molecule is C[C@@H](NC(=O)[C@@H]1CCCCN1)c1ccc(Cl)cc1. The Morgan fingerprint density at radius 2 is 2.11 bits per heavy atom. The largest absolute Gasteiger partial charge is 0.348 e. The van der Waals surface area contributed by atoms with E-state index >= 15 is 0 Å². The maximum atomic E-state index is 12.0. The van der Waals surface area contributed by atoms with Crippen LogP contribution in [0.5, 0.6) is 0 Å². The predicted molar refractivity (Wildman–Crippen MR) is 73.7 cm³/mol. The van der Waals surface area contributed by atoms with Gasteiger partial charge in [-0.25, -0.2) is 0 Å². The molecule has 2 N–H and O–H groups in total. The van der Waals surface area contributed by atoms with Gasteiger partial charge in [-0.15, -0.1) is 0 Å². The number of rotatable bonds is 3. The number of nitrogens with one attached hydrogen (secondary N) is 2. The van der Waals surface area contributed by atoms with Crippen LogP contribution >= 0.6 is 11.6 Å². The Balaban J connectivity index is 1.91. The van der Waals surface area contributed by atoms with E-state index in [-0.39, 0.29) is 18.0 Å². The monoisotopic (exact) mass is 266 g/mol. The molecule has 0 spiro atoms. The Morgan fingerprint density at radius 3 is 2.72 bits per heavy atom. The fraction of sp³-hybridized carbons (Fsp3) is 0.500. The first-order valence-electron chi connectivity index (χ1n) is 6.46.